The van der Waals surface area contributed by atoms with Crippen molar-refractivity contribution in [1.82, 2.24) is 15.1 Å². The minimum absolute atomic E-state index is 0. The van der Waals surface area contributed by atoms with Crippen LogP contribution in [-0.2, 0) is 24.4 Å². The van der Waals surface area contributed by atoms with E-state index in [9.17, 15) is 4.79 Å². The maximum atomic E-state index is 11.8. The lowest BCUT2D eigenvalue weighted by atomic mass is 10.1. The van der Waals surface area contributed by atoms with Crippen LogP contribution in [0.25, 0.3) is 0 Å². The summed E-state index contributed by atoms with van der Waals surface area (Å²) in [5, 5.41) is 4.10. The lowest BCUT2D eigenvalue weighted by molar-refractivity contribution is -0.128. The highest BCUT2D eigenvalue weighted by Gasteiger charge is 2.19. The quantitative estimate of drug-likeness (QED) is 0.315. The molecule has 5 nitrogen and oxygen atoms in total. The summed E-state index contributed by atoms with van der Waals surface area (Å²) < 4.78 is 0. The van der Waals surface area contributed by atoms with Crippen molar-refractivity contribution in [2.24, 2.45) is 4.99 Å². The zero-order chi connectivity index (χ0) is 20.6. The van der Waals surface area contributed by atoms with Gasteiger partial charge in [0, 0.05) is 44.7 Å². The average Bonchev–Trinajstić information content (AvgIpc) is 3.12. The summed E-state index contributed by atoms with van der Waals surface area (Å²) in [6.07, 6.45) is 1.66. The minimum atomic E-state index is 0. The van der Waals surface area contributed by atoms with Crippen molar-refractivity contribution in [3.05, 3.63) is 70.2 Å². The van der Waals surface area contributed by atoms with Gasteiger partial charge in [-0.2, -0.15) is 0 Å². The van der Waals surface area contributed by atoms with Gasteiger partial charge in [0.15, 0.2) is 5.96 Å². The topological polar surface area (TPSA) is 47.9 Å². The molecule has 1 aliphatic heterocycles. The van der Waals surface area contributed by atoms with Gasteiger partial charge in [0.1, 0.15) is 0 Å². The molecule has 1 heterocycles. The zero-order valence-electron chi connectivity index (χ0n) is 17.6. The Morgan fingerprint density at radius 2 is 1.73 bits per heavy atom. The van der Waals surface area contributed by atoms with E-state index in [0.29, 0.717) is 19.5 Å². The van der Waals surface area contributed by atoms with Crippen molar-refractivity contribution >= 4 is 47.4 Å². The van der Waals surface area contributed by atoms with Crippen LogP contribution in [-0.4, -0.2) is 41.8 Å². The molecule has 2 aromatic rings. The van der Waals surface area contributed by atoms with E-state index in [-0.39, 0.29) is 29.9 Å². The molecule has 0 unspecified atom stereocenters. The van der Waals surface area contributed by atoms with Crippen LogP contribution in [0.15, 0.2) is 53.5 Å². The van der Waals surface area contributed by atoms with Gasteiger partial charge in [-0.3, -0.25) is 4.79 Å². The van der Waals surface area contributed by atoms with E-state index in [4.69, 9.17) is 16.6 Å². The van der Waals surface area contributed by atoms with Gasteiger partial charge in [-0.05, 0) is 42.2 Å². The number of likely N-dealkylation sites (tertiary alicyclic amines) is 1. The van der Waals surface area contributed by atoms with Crippen LogP contribution >= 0.6 is 35.6 Å². The van der Waals surface area contributed by atoms with Gasteiger partial charge >= 0.3 is 0 Å². The third kappa shape index (κ3) is 7.16. The van der Waals surface area contributed by atoms with Crippen molar-refractivity contribution < 1.29 is 4.79 Å². The normalized spacial score (nSPS) is 13.9. The second kappa shape index (κ2) is 12.2. The number of carbonyl (C=O) groups is 1. The molecule has 1 saturated heterocycles. The fraction of sp³-hybridized carbons (Fsp3) is 0.391. The Balaban J connectivity index is 0.00000320. The molecular formula is C23H30ClIN4O. The van der Waals surface area contributed by atoms with Crippen molar-refractivity contribution in [3.8, 4) is 0 Å². The molecule has 3 rings (SSSR count). The first kappa shape index (κ1) is 24.5. The van der Waals surface area contributed by atoms with Gasteiger partial charge < -0.3 is 15.1 Å². The third-order valence-electron chi connectivity index (χ3n) is 5.01. The Labute approximate surface area is 201 Å². The minimum Gasteiger partial charge on any atom is -0.357 e. The van der Waals surface area contributed by atoms with Crippen molar-refractivity contribution in [2.75, 3.05) is 20.1 Å². The maximum Gasteiger partial charge on any atom is 0.222 e. The number of halogens is 2. The first-order chi connectivity index (χ1) is 14.0. The molecule has 2 aromatic carbocycles. The first-order valence-electron chi connectivity index (χ1n) is 10.1. The van der Waals surface area contributed by atoms with Crippen LogP contribution in [0.2, 0.25) is 5.02 Å². The fourth-order valence-corrected chi connectivity index (χ4v) is 3.54. The van der Waals surface area contributed by atoms with E-state index < -0.39 is 0 Å². The predicted octanol–water partition coefficient (Wildman–Crippen LogP) is 4.68. The number of nitrogens with one attached hydrogen (secondary N) is 1. The lowest BCUT2D eigenvalue weighted by Gasteiger charge is -2.22. The highest BCUT2D eigenvalue weighted by Crippen LogP contribution is 2.15. The third-order valence-corrected chi connectivity index (χ3v) is 5.26. The number of amides is 1. The van der Waals surface area contributed by atoms with Crippen molar-refractivity contribution in [1.29, 1.82) is 0 Å². The Hall–Kier alpha value is -1.80. The summed E-state index contributed by atoms with van der Waals surface area (Å²) in [5.41, 5.74) is 3.50. The Bertz CT molecular complexity index is 839. The molecule has 0 bridgehead atoms. The van der Waals surface area contributed by atoms with Gasteiger partial charge in [0.05, 0.1) is 6.54 Å². The van der Waals surface area contributed by atoms with Crippen LogP contribution in [0.5, 0.6) is 0 Å². The summed E-state index contributed by atoms with van der Waals surface area (Å²) in [5.74, 6) is 1.13. The molecular weight excluding hydrogens is 511 g/mol. The summed E-state index contributed by atoms with van der Waals surface area (Å²) >= 11 is 5.97. The summed E-state index contributed by atoms with van der Waals surface area (Å²) in [4.78, 5) is 20.6. The average molecular weight is 541 g/mol. The molecule has 162 valence electrons. The highest BCUT2D eigenvalue weighted by molar-refractivity contribution is 14.0. The molecule has 30 heavy (non-hydrogen) atoms. The highest BCUT2D eigenvalue weighted by atomic mass is 127. The predicted molar refractivity (Wildman–Crippen MR) is 134 cm³/mol. The number of nitrogens with zero attached hydrogens (tertiary/aromatic N) is 3. The van der Waals surface area contributed by atoms with Crippen LogP contribution in [0.4, 0.5) is 0 Å². The van der Waals surface area contributed by atoms with E-state index in [0.717, 1.165) is 42.6 Å². The van der Waals surface area contributed by atoms with Crippen LogP contribution in [0, 0.1) is 0 Å². The Morgan fingerprint density at radius 1 is 1.10 bits per heavy atom. The number of aliphatic imine (C=N–C) groups is 1. The maximum absolute atomic E-state index is 11.8. The number of hydrogen-bond acceptors (Lipinski definition) is 2. The number of hydrogen-bond donors (Lipinski definition) is 1. The molecule has 0 aliphatic carbocycles. The van der Waals surface area contributed by atoms with Gasteiger partial charge in [0.25, 0.3) is 0 Å². The number of guanidine groups is 1. The Morgan fingerprint density at radius 3 is 2.33 bits per heavy atom. The molecule has 0 aromatic heterocycles. The number of carbonyl (C=O) groups excluding carboxylic acids is 1. The van der Waals surface area contributed by atoms with E-state index in [1.54, 1.807) is 0 Å². The van der Waals surface area contributed by atoms with E-state index in [1.807, 2.05) is 36.2 Å². The molecule has 0 atom stereocenters. The second-order valence-electron chi connectivity index (χ2n) is 7.39. The second-order valence-corrected chi connectivity index (χ2v) is 7.82. The molecule has 1 aliphatic rings. The largest absolute Gasteiger partial charge is 0.357 e. The van der Waals surface area contributed by atoms with Gasteiger partial charge in [-0.25, -0.2) is 4.99 Å². The van der Waals surface area contributed by atoms with Gasteiger partial charge in [-0.1, -0.05) is 48.0 Å². The number of benzene rings is 2. The smallest absolute Gasteiger partial charge is 0.222 e. The van der Waals surface area contributed by atoms with E-state index in [2.05, 4.69) is 41.4 Å². The molecule has 1 fully saturated rings. The van der Waals surface area contributed by atoms with Crippen molar-refractivity contribution in [2.45, 2.75) is 39.4 Å². The van der Waals surface area contributed by atoms with Crippen molar-refractivity contribution in [3.63, 3.8) is 0 Å². The van der Waals surface area contributed by atoms with Crippen LogP contribution in [0.1, 0.15) is 36.5 Å². The van der Waals surface area contributed by atoms with Gasteiger partial charge in [0.2, 0.25) is 5.91 Å². The molecule has 7 heteroatoms. The molecule has 0 saturated carbocycles. The first-order valence-corrected chi connectivity index (χ1v) is 10.5. The molecule has 1 amide bonds. The standard InChI is InChI=1S/C23H29ClN4O.HI/c1-3-25-23(27(2)16-19-10-12-21(24)13-11-19)26-15-18-6-8-20(9-7-18)17-28-14-4-5-22(28)29;/h6-13H,3-5,14-17H2,1-2H3,(H,25,26);1H. The molecule has 0 radical (unpaired) electrons. The molecule has 0 spiro atoms. The monoisotopic (exact) mass is 540 g/mol. The number of rotatable bonds is 7. The fourth-order valence-electron chi connectivity index (χ4n) is 3.42. The Kier molecular flexibility index (Phi) is 9.91. The molecule has 1 N–H and O–H groups in total. The summed E-state index contributed by atoms with van der Waals surface area (Å²) in [6.45, 7) is 5.82. The van der Waals surface area contributed by atoms with Crippen LogP contribution in [0.3, 0.4) is 0 Å². The van der Waals surface area contributed by atoms with E-state index >= 15 is 0 Å². The van der Waals surface area contributed by atoms with E-state index in [1.165, 1.54) is 11.1 Å². The SMILES string of the molecule is CCNC(=NCc1ccc(CN2CCCC2=O)cc1)N(C)Cc1ccc(Cl)cc1.I. The summed E-state index contributed by atoms with van der Waals surface area (Å²) in [6, 6.07) is 16.3. The summed E-state index contributed by atoms with van der Waals surface area (Å²) in [7, 11) is 2.03. The zero-order valence-corrected chi connectivity index (χ0v) is 20.7. The van der Waals surface area contributed by atoms with Crippen LogP contribution < -0.4 is 5.32 Å². The lowest BCUT2D eigenvalue weighted by Crippen LogP contribution is -2.38. The van der Waals surface area contributed by atoms with Gasteiger partial charge in [-0.15, -0.1) is 24.0 Å².